The van der Waals surface area contributed by atoms with Crippen molar-refractivity contribution < 1.29 is 18.7 Å². The van der Waals surface area contributed by atoms with Crippen LogP contribution < -0.4 is 14.8 Å². The van der Waals surface area contributed by atoms with Gasteiger partial charge in [-0.05, 0) is 29.3 Å². The van der Waals surface area contributed by atoms with Crippen LogP contribution in [0.5, 0.6) is 11.5 Å². The van der Waals surface area contributed by atoms with Crippen LogP contribution in [0.1, 0.15) is 29.0 Å². The minimum Gasteiger partial charge on any atom is -0.454 e. The highest BCUT2D eigenvalue weighted by atomic mass is 19.1. The second-order valence-corrected chi connectivity index (χ2v) is 6.62. The molecule has 0 spiro atoms. The smallest absolute Gasteiger partial charge is 0.231 e. The molecular weight excluding hydrogens is 349 g/mol. The third-order valence-electron chi connectivity index (χ3n) is 4.94. The number of carbonyl (C=O) groups is 1. The van der Waals surface area contributed by atoms with Crippen LogP contribution in [0, 0.1) is 5.82 Å². The Kier molecular flexibility index (Phi) is 3.60. The number of halogens is 1. The van der Waals surface area contributed by atoms with Crippen LogP contribution in [-0.4, -0.2) is 22.5 Å². The molecule has 1 N–H and O–H groups in total. The Morgan fingerprint density at radius 1 is 1.15 bits per heavy atom. The number of ether oxygens (including phenoxy) is 2. The molecule has 27 heavy (non-hydrogen) atoms. The molecule has 136 valence electrons. The minimum atomic E-state index is -0.347. The number of hydrogen-bond acceptors (Lipinski definition) is 4. The summed E-state index contributed by atoms with van der Waals surface area (Å²) in [6.07, 6.45) is 1.91. The monoisotopic (exact) mass is 365 g/mol. The fourth-order valence-corrected chi connectivity index (χ4v) is 3.64. The highest BCUT2D eigenvalue weighted by Gasteiger charge is 2.31. The fourth-order valence-electron chi connectivity index (χ4n) is 3.64. The summed E-state index contributed by atoms with van der Waals surface area (Å²) in [5.74, 6) is 1.21. The molecule has 0 saturated heterocycles. The Morgan fingerprint density at radius 3 is 2.89 bits per heavy atom. The van der Waals surface area contributed by atoms with Gasteiger partial charge in [-0.2, -0.15) is 5.10 Å². The van der Waals surface area contributed by atoms with Gasteiger partial charge in [-0.25, -0.2) is 9.07 Å². The highest BCUT2D eigenvalue weighted by Crippen LogP contribution is 2.38. The van der Waals surface area contributed by atoms with Crippen molar-refractivity contribution in [1.82, 2.24) is 9.78 Å². The van der Waals surface area contributed by atoms with Gasteiger partial charge < -0.3 is 14.8 Å². The van der Waals surface area contributed by atoms with Crippen LogP contribution in [0.3, 0.4) is 0 Å². The number of nitrogens with one attached hydrogen (secondary N) is 1. The van der Waals surface area contributed by atoms with Crippen molar-refractivity contribution in [3.63, 3.8) is 0 Å². The van der Waals surface area contributed by atoms with Crippen LogP contribution in [-0.2, 0) is 11.3 Å². The van der Waals surface area contributed by atoms with E-state index in [4.69, 9.17) is 9.47 Å². The number of nitrogens with zero attached hydrogens (tertiary/aromatic N) is 2. The second kappa shape index (κ2) is 6.12. The van der Waals surface area contributed by atoms with Crippen molar-refractivity contribution in [2.75, 3.05) is 12.1 Å². The van der Waals surface area contributed by atoms with Crippen molar-refractivity contribution in [1.29, 1.82) is 0 Å². The van der Waals surface area contributed by atoms with Gasteiger partial charge in [0.15, 0.2) is 11.5 Å². The van der Waals surface area contributed by atoms with Gasteiger partial charge in [-0.1, -0.05) is 24.3 Å². The molecule has 0 aliphatic carbocycles. The minimum absolute atomic E-state index is 0.150. The SMILES string of the molecule is O=C1C[C@H](c2ccccc2F)c2cnn(Cc3ccc4c(c3)OCO4)c2N1. The summed E-state index contributed by atoms with van der Waals surface area (Å²) < 4.78 is 26.8. The van der Waals surface area contributed by atoms with Gasteiger partial charge in [-0.15, -0.1) is 0 Å². The number of rotatable bonds is 3. The van der Waals surface area contributed by atoms with Crippen LogP contribution in [0.25, 0.3) is 0 Å². The molecule has 0 fully saturated rings. The lowest BCUT2D eigenvalue weighted by Gasteiger charge is -2.24. The normalized spacial score (nSPS) is 17.5. The molecule has 3 heterocycles. The molecular formula is C20H16FN3O3. The molecule has 1 atom stereocenters. The number of anilines is 1. The third kappa shape index (κ3) is 2.71. The van der Waals surface area contributed by atoms with Crippen molar-refractivity contribution >= 4 is 11.7 Å². The van der Waals surface area contributed by atoms with E-state index in [-0.39, 0.29) is 30.9 Å². The van der Waals surface area contributed by atoms with Crippen LogP contribution in [0.15, 0.2) is 48.7 Å². The van der Waals surface area contributed by atoms with Gasteiger partial charge in [0.1, 0.15) is 11.6 Å². The average molecular weight is 365 g/mol. The van der Waals surface area contributed by atoms with Crippen molar-refractivity contribution in [3.8, 4) is 11.5 Å². The lowest BCUT2D eigenvalue weighted by atomic mass is 9.87. The number of benzene rings is 2. The zero-order valence-corrected chi connectivity index (χ0v) is 14.3. The summed E-state index contributed by atoms with van der Waals surface area (Å²) >= 11 is 0. The van der Waals surface area contributed by atoms with E-state index in [9.17, 15) is 9.18 Å². The van der Waals surface area contributed by atoms with Crippen molar-refractivity contribution in [2.45, 2.75) is 18.9 Å². The molecule has 3 aromatic rings. The Bertz CT molecular complexity index is 1050. The van der Waals surface area contributed by atoms with Gasteiger partial charge in [-0.3, -0.25) is 4.79 Å². The number of aromatic nitrogens is 2. The summed E-state index contributed by atoms with van der Waals surface area (Å²) in [7, 11) is 0. The largest absolute Gasteiger partial charge is 0.454 e. The molecule has 0 saturated carbocycles. The zero-order chi connectivity index (χ0) is 18.4. The standard InChI is InChI=1S/C20H16FN3O3/c21-16-4-2-1-3-13(16)14-8-19(25)23-20-15(14)9-22-24(20)10-12-5-6-17-18(7-12)27-11-26-17/h1-7,9,14H,8,10-11H2,(H,23,25)/t14-/m1/s1. The van der Waals surface area contributed by atoms with Crippen molar-refractivity contribution in [2.24, 2.45) is 0 Å². The van der Waals surface area contributed by atoms with E-state index in [0.717, 1.165) is 11.1 Å². The molecule has 2 aromatic carbocycles. The number of amides is 1. The van der Waals surface area contributed by atoms with Crippen LogP contribution in [0.2, 0.25) is 0 Å². The van der Waals surface area contributed by atoms with Crippen LogP contribution >= 0.6 is 0 Å². The summed E-state index contributed by atoms with van der Waals surface area (Å²) in [5, 5.41) is 7.32. The quantitative estimate of drug-likeness (QED) is 0.774. The topological polar surface area (TPSA) is 65.4 Å². The first-order valence-corrected chi connectivity index (χ1v) is 8.67. The molecule has 2 aliphatic heterocycles. The van der Waals surface area contributed by atoms with E-state index in [0.29, 0.717) is 29.4 Å². The van der Waals surface area contributed by atoms with E-state index in [2.05, 4.69) is 10.4 Å². The average Bonchev–Trinajstić information content (AvgIpc) is 3.28. The number of carbonyl (C=O) groups excluding carboxylic acids is 1. The molecule has 0 radical (unpaired) electrons. The third-order valence-corrected chi connectivity index (χ3v) is 4.94. The van der Waals surface area contributed by atoms with E-state index >= 15 is 0 Å². The maximum atomic E-state index is 14.3. The van der Waals surface area contributed by atoms with Gasteiger partial charge in [0.05, 0.1) is 12.7 Å². The summed E-state index contributed by atoms with van der Waals surface area (Å²) in [4.78, 5) is 12.3. The van der Waals surface area contributed by atoms with E-state index < -0.39 is 0 Å². The molecule has 1 aromatic heterocycles. The molecule has 5 rings (SSSR count). The molecule has 1 amide bonds. The van der Waals surface area contributed by atoms with Gasteiger partial charge in [0.25, 0.3) is 0 Å². The fraction of sp³-hybridized carbons (Fsp3) is 0.200. The van der Waals surface area contributed by atoms with Gasteiger partial charge in [0.2, 0.25) is 12.7 Å². The second-order valence-electron chi connectivity index (χ2n) is 6.62. The van der Waals surface area contributed by atoms with Crippen LogP contribution in [0.4, 0.5) is 10.2 Å². The molecule has 2 aliphatic rings. The maximum Gasteiger partial charge on any atom is 0.231 e. The molecule has 0 bridgehead atoms. The highest BCUT2D eigenvalue weighted by molar-refractivity contribution is 5.94. The first-order valence-electron chi connectivity index (χ1n) is 8.67. The van der Waals surface area contributed by atoms with E-state index in [1.54, 1.807) is 29.1 Å². The summed E-state index contributed by atoms with van der Waals surface area (Å²) in [6, 6.07) is 12.2. The summed E-state index contributed by atoms with van der Waals surface area (Å²) in [5.41, 5.74) is 2.30. The van der Waals surface area contributed by atoms with Crippen molar-refractivity contribution in [3.05, 3.63) is 71.2 Å². The maximum absolute atomic E-state index is 14.3. The summed E-state index contributed by atoms with van der Waals surface area (Å²) in [6.45, 7) is 0.673. The first kappa shape index (κ1) is 15.9. The first-order chi connectivity index (χ1) is 13.2. The Balaban J connectivity index is 1.50. The Labute approximate surface area is 154 Å². The lowest BCUT2D eigenvalue weighted by Crippen LogP contribution is -2.25. The van der Waals surface area contributed by atoms with E-state index in [1.165, 1.54) is 6.07 Å². The molecule has 0 unspecified atom stereocenters. The molecule has 7 heteroatoms. The predicted molar refractivity (Wildman–Crippen MR) is 95.4 cm³/mol. The van der Waals surface area contributed by atoms with E-state index in [1.807, 2.05) is 18.2 Å². The zero-order valence-electron chi connectivity index (χ0n) is 14.3. The Hall–Kier alpha value is -3.35. The van der Waals surface area contributed by atoms with Gasteiger partial charge in [0, 0.05) is 17.9 Å². The molecule has 6 nitrogen and oxygen atoms in total. The number of hydrogen-bond donors (Lipinski definition) is 1. The predicted octanol–water partition coefficient (Wildman–Crippen LogP) is 3.27. The lowest BCUT2D eigenvalue weighted by molar-refractivity contribution is -0.116. The number of fused-ring (bicyclic) bond motifs is 2. The Morgan fingerprint density at radius 2 is 2.00 bits per heavy atom. The van der Waals surface area contributed by atoms with Gasteiger partial charge >= 0.3 is 0 Å².